The van der Waals surface area contributed by atoms with Crippen molar-refractivity contribution >= 4 is 28.4 Å². The van der Waals surface area contributed by atoms with Crippen LogP contribution in [-0.4, -0.2) is 26.8 Å². The Labute approximate surface area is 114 Å². The average molecular weight is 343 g/mol. The van der Waals surface area contributed by atoms with E-state index in [0.717, 1.165) is 32.9 Å². The van der Waals surface area contributed by atoms with E-state index >= 15 is 0 Å². The van der Waals surface area contributed by atoms with Crippen LogP contribution in [0.4, 0.5) is 5.82 Å². The molecule has 0 amide bonds. The summed E-state index contributed by atoms with van der Waals surface area (Å²) in [6.45, 7) is 2.08. The fraction of sp³-hybridized carbons (Fsp3) is 0.364. The first-order valence-electron chi connectivity index (χ1n) is 5.39. The number of aryl methyl sites for hydroxylation is 2. The quantitative estimate of drug-likeness (QED) is 0.867. The molecular formula is C11H14IN5. The van der Waals surface area contributed by atoms with Crippen LogP contribution in [0, 0.1) is 3.57 Å². The van der Waals surface area contributed by atoms with Crippen LogP contribution in [0.1, 0.15) is 12.6 Å². The van der Waals surface area contributed by atoms with E-state index in [1.165, 1.54) is 0 Å². The molecule has 0 saturated heterocycles. The second-order valence-electron chi connectivity index (χ2n) is 3.66. The van der Waals surface area contributed by atoms with E-state index in [1.807, 2.05) is 26.5 Å². The largest absolute Gasteiger partial charge is 0.372 e. The minimum absolute atomic E-state index is 0.722. The molecule has 2 heterocycles. The highest BCUT2D eigenvalue weighted by molar-refractivity contribution is 14.1. The number of halogens is 1. The Morgan fingerprint density at radius 1 is 1.47 bits per heavy atom. The molecule has 5 nitrogen and oxygen atoms in total. The van der Waals surface area contributed by atoms with Crippen LogP contribution in [-0.2, 0) is 13.5 Å². The van der Waals surface area contributed by atoms with Gasteiger partial charge in [-0.05, 0) is 29.0 Å². The molecule has 90 valence electrons. The van der Waals surface area contributed by atoms with Crippen molar-refractivity contribution in [1.82, 2.24) is 19.7 Å². The summed E-state index contributed by atoms with van der Waals surface area (Å²) < 4.78 is 2.81. The van der Waals surface area contributed by atoms with Crippen LogP contribution in [0.5, 0.6) is 0 Å². The summed E-state index contributed by atoms with van der Waals surface area (Å²) in [4.78, 5) is 8.87. The first-order valence-corrected chi connectivity index (χ1v) is 6.46. The van der Waals surface area contributed by atoms with Crippen molar-refractivity contribution in [1.29, 1.82) is 0 Å². The molecule has 0 aliphatic carbocycles. The third kappa shape index (κ3) is 2.41. The lowest BCUT2D eigenvalue weighted by Gasteiger charge is -2.04. The summed E-state index contributed by atoms with van der Waals surface area (Å²) >= 11 is 2.21. The zero-order valence-electron chi connectivity index (χ0n) is 10.0. The Kier molecular flexibility index (Phi) is 3.60. The first kappa shape index (κ1) is 12.3. The van der Waals surface area contributed by atoms with E-state index in [1.54, 1.807) is 4.68 Å². The van der Waals surface area contributed by atoms with E-state index in [4.69, 9.17) is 0 Å². The lowest BCUT2D eigenvalue weighted by Crippen LogP contribution is -2.00. The number of nitrogens with one attached hydrogen (secondary N) is 1. The van der Waals surface area contributed by atoms with Gasteiger partial charge in [0.25, 0.3) is 0 Å². The number of hydrogen-bond acceptors (Lipinski definition) is 4. The molecule has 2 aromatic rings. The zero-order valence-corrected chi connectivity index (χ0v) is 12.2. The van der Waals surface area contributed by atoms with Gasteiger partial charge < -0.3 is 5.32 Å². The molecule has 0 aliphatic heterocycles. The minimum atomic E-state index is 0.722. The third-order valence-corrected chi connectivity index (χ3v) is 3.25. The molecule has 1 N–H and O–H groups in total. The molecule has 0 atom stereocenters. The first-order chi connectivity index (χ1) is 8.15. The smallest absolute Gasteiger partial charge is 0.165 e. The molecule has 2 rings (SSSR count). The normalized spacial score (nSPS) is 10.6. The standard InChI is InChI=1S/C11H14IN5/c1-4-9-7(6-17(3)16-9)10-14-5-8(12)11(13-2)15-10/h5-6H,4H2,1-3H3,(H,13,14,15). The van der Waals surface area contributed by atoms with Crippen LogP contribution in [0.25, 0.3) is 11.4 Å². The topological polar surface area (TPSA) is 55.6 Å². The highest BCUT2D eigenvalue weighted by Gasteiger charge is 2.12. The Hall–Kier alpha value is -1.18. The molecule has 2 aromatic heterocycles. The Balaban J connectivity index is 2.52. The fourth-order valence-corrected chi connectivity index (χ4v) is 2.18. The van der Waals surface area contributed by atoms with Crippen LogP contribution in [0.2, 0.25) is 0 Å². The third-order valence-electron chi connectivity index (χ3n) is 2.46. The summed E-state index contributed by atoms with van der Waals surface area (Å²) in [5.41, 5.74) is 2.03. The number of rotatable bonds is 3. The maximum Gasteiger partial charge on any atom is 0.165 e. The Morgan fingerprint density at radius 2 is 2.24 bits per heavy atom. The van der Waals surface area contributed by atoms with E-state index in [-0.39, 0.29) is 0 Å². The van der Waals surface area contributed by atoms with Crippen molar-refractivity contribution in [2.45, 2.75) is 13.3 Å². The molecule has 0 saturated carbocycles. The number of aromatic nitrogens is 4. The van der Waals surface area contributed by atoms with E-state index in [0.29, 0.717) is 0 Å². The summed E-state index contributed by atoms with van der Waals surface area (Å²) in [6.07, 6.45) is 4.65. The Morgan fingerprint density at radius 3 is 2.88 bits per heavy atom. The molecule has 0 spiro atoms. The van der Waals surface area contributed by atoms with E-state index < -0.39 is 0 Å². The van der Waals surface area contributed by atoms with Crippen LogP contribution >= 0.6 is 22.6 Å². The predicted molar refractivity (Wildman–Crippen MR) is 75.9 cm³/mol. The summed E-state index contributed by atoms with van der Waals surface area (Å²) in [5.74, 6) is 1.57. The molecule has 17 heavy (non-hydrogen) atoms. The van der Waals surface area contributed by atoms with E-state index in [9.17, 15) is 0 Å². The van der Waals surface area contributed by atoms with Gasteiger partial charge in [-0.15, -0.1) is 0 Å². The molecule has 0 unspecified atom stereocenters. The summed E-state index contributed by atoms with van der Waals surface area (Å²) in [5, 5.41) is 7.46. The predicted octanol–water partition coefficient (Wildman–Crippen LogP) is 2.09. The van der Waals surface area contributed by atoms with Gasteiger partial charge in [0.15, 0.2) is 5.82 Å². The van der Waals surface area contributed by atoms with Crippen molar-refractivity contribution < 1.29 is 0 Å². The van der Waals surface area contributed by atoms with Crippen molar-refractivity contribution in [2.24, 2.45) is 7.05 Å². The maximum absolute atomic E-state index is 4.50. The van der Waals surface area contributed by atoms with Gasteiger partial charge >= 0.3 is 0 Å². The summed E-state index contributed by atoms with van der Waals surface area (Å²) in [6, 6.07) is 0. The number of hydrogen-bond donors (Lipinski definition) is 1. The second kappa shape index (κ2) is 4.99. The van der Waals surface area contributed by atoms with Gasteiger partial charge in [0.05, 0.1) is 14.8 Å². The van der Waals surface area contributed by atoms with Crippen molar-refractivity contribution in [3.05, 3.63) is 21.7 Å². The zero-order chi connectivity index (χ0) is 12.4. The van der Waals surface area contributed by atoms with Gasteiger partial charge in [-0.25, -0.2) is 9.97 Å². The number of anilines is 1. The highest BCUT2D eigenvalue weighted by atomic mass is 127. The minimum Gasteiger partial charge on any atom is -0.372 e. The van der Waals surface area contributed by atoms with Gasteiger partial charge in [-0.1, -0.05) is 6.92 Å². The maximum atomic E-state index is 4.50. The fourth-order valence-electron chi connectivity index (χ4n) is 1.65. The van der Waals surface area contributed by atoms with Crippen LogP contribution in [0.3, 0.4) is 0 Å². The summed E-state index contributed by atoms with van der Waals surface area (Å²) in [7, 11) is 3.77. The van der Waals surface area contributed by atoms with Crippen LogP contribution < -0.4 is 5.32 Å². The van der Waals surface area contributed by atoms with Crippen molar-refractivity contribution in [2.75, 3.05) is 12.4 Å². The molecule has 0 fully saturated rings. The molecule has 0 aliphatic rings. The highest BCUT2D eigenvalue weighted by Crippen LogP contribution is 2.22. The lowest BCUT2D eigenvalue weighted by molar-refractivity contribution is 0.746. The lowest BCUT2D eigenvalue weighted by atomic mass is 10.2. The molecule has 0 bridgehead atoms. The monoisotopic (exact) mass is 343 g/mol. The second-order valence-corrected chi connectivity index (χ2v) is 4.82. The van der Waals surface area contributed by atoms with Gasteiger partial charge in [-0.2, -0.15) is 5.10 Å². The average Bonchev–Trinajstić information content (AvgIpc) is 2.71. The molecule has 0 radical (unpaired) electrons. The van der Waals surface area contributed by atoms with E-state index in [2.05, 4.69) is 49.9 Å². The van der Waals surface area contributed by atoms with Gasteiger partial charge in [0.2, 0.25) is 0 Å². The van der Waals surface area contributed by atoms with Gasteiger partial charge in [0, 0.05) is 26.5 Å². The van der Waals surface area contributed by atoms with Gasteiger partial charge in [0.1, 0.15) is 5.82 Å². The molecule has 0 aromatic carbocycles. The molecule has 6 heteroatoms. The van der Waals surface area contributed by atoms with Gasteiger partial charge in [-0.3, -0.25) is 4.68 Å². The van der Waals surface area contributed by atoms with Crippen molar-refractivity contribution in [3.63, 3.8) is 0 Å². The van der Waals surface area contributed by atoms with Crippen LogP contribution in [0.15, 0.2) is 12.4 Å². The SMILES string of the molecule is CCc1nn(C)cc1-c1ncc(I)c(NC)n1. The van der Waals surface area contributed by atoms with Crippen molar-refractivity contribution in [3.8, 4) is 11.4 Å². The number of nitrogens with zero attached hydrogens (tertiary/aromatic N) is 4. The Bertz CT molecular complexity index is 535. The molecular weight excluding hydrogens is 329 g/mol.